The molecule has 1 aromatic heterocycles. The summed E-state index contributed by atoms with van der Waals surface area (Å²) in [4.78, 5) is 30.8. The number of carbonyl (C=O) groups is 2. The van der Waals surface area contributed by atoms with Gasteiger partial charge in [0.05, 0.1) is 26.2 Å². The second kappa shape index (κ2) is 9.89. The van der Waals surface area contributed by atoms with Crippen LogP contribution in [0.15, 0.2) is 35.7 Å². The van der Waals surface area contributed by atoms with Crippen molar-refractivity contribution in [1.29, 1.82) is 0 Å². The molecule has 29 heavy (non-hydrogen) atoms. The highest BCUT2D eigenvalue weighted by Gasteiger charge is 2.31. The molecule has 2 heterocycles. The van der Waals surface area contributed by atoms with E-state index in [-0.39, 0.29) is 30.9 Å². The number of benzene rings is 1. The van der Waals surface area contributed by atoms with E-state index in [1.54, 1.807) is 24.5 Å². The van der Waals surface area contributed by atoms with Gasteiger partial charge in [-0.3, -0.25) is 14.5 Å². The third-order valence-electron chi connectivity index (χ3n) is 5.33. The van der Waals surface area contributed by atoms with Gasteiger partial charge in [0.2, 0.25) is 11.8 Å². The zero-order chi connectivity index (χ0) is 20.8. The molecular weight excluding hydrogens is 386 g/mol. The zero-order valence-electron chi connectivity index (χ0n) is 17.3. The van der Waals surface area contributed by atoms with Crippen LogP contribution in [0.2, 0.25) is 0 Å². The second-order valence-electron chi connectivity index (χ2n) is 7.14. The molecule has 0 saturated carbocycles. The van der Waals surface area contributed by atoms with Gasteiger partial charge in [-0.05, 0) is 48.5 Å². The number of nitrogens with one attached hydrogen (secondary N) is 1. The minimum absolute atomic E-state index is 0.0877. The van der Waals surface area contributed by atoms with E-state index in [1.165, 1.54) is 10.4 Å². The summed E-state index contributed by atoms with van der Waals surface area (Å²) in [5.74, 6) is 0.636. The van der Waals surface area contributed by atoms with Crippen LogP contribution in [0, 0.1) is 0 Å². The van der Waals surface area contributed by atoms with E-state index in [0.717, 1.165) is 19.4 Å². The third-order valence-corrected chi connectivity index (χ3v) is 6.33. The Labute approximate surface area is 176 Å². The van der Waals surface area contributed by atoms with Crippen molar-refractivity contribution in [2.45, 2.75) is 32.7 Å². The first-order valence-electron chi connectivity index (χ1n) is 10.1. The van der Waals surface area contributed by atoms with Crippen LogP contribution >= 0.6 is 11.3 Å². The van der Waals surface area contributed by atoms with E-state index in [9.17, 15) is 9.59 Å². The van der Waals surface area contributed by atoms with Gasteiger partial charge in [-0.2, -0.15) is 0 Å². The Morgan fingerprint density at radius 3 is 2.83 bits per heavy atom. The lowest BCUT2D eigenvalue weighted by Crippen LogP contribution is -2.46. The molecule has 1 aromatic carbocycles. The molecule has 0 aliphatic carbocycles. The molecule has 1 aliphatic rings. The largest absolute Gasteiger partial charge is 0.497 e. The maximum absolute atomic E-state index is 13.0. The molecule has 0 saturated heterocycles. The standard InChI is InChI=1S/C22H29N3O3S/c1-4-19-18-10-12-29-20(18)9-11-25(19)22(27)15-24(5-2)14-21(26)23-16-7-6-8-17(13-16)28-3/h6-8,10,12-13,19H,4-5,9,11,14-15H2,1-3H3,(H,23,26). The van der Waals surface area contributed by atoms with Crippen molar-refractivity contribution < 1.29 is 14.3 Å². The van der Waals surface area contributed by atoms with Crippen molar-refractivity contribution >= 4 is 28.8 Å². The SMILES string of the molecule is CCC1c2ccsc2CCN1C(=O)CN(CC)CC(=O)Nc1cccc(OC)c1. The molecule has 0 bridgehead atoms. The lowest BCUT2D eigenvalue weighted by atomic mass is 9.97. The fourth-order valence-electron chi connectivity index (χ4n) is 3.80. The van der Waals surface area contributed by atoms with Gasteiger partial charge in [-0.1, -0.05) is 19.9 Å². The predicted octanol–water partition coefficient (Wildman–Crippen LogP) is 3.55. The van der Waals surface area contributed by atoms with Gasteiger partial charge in [0.15, 0.2) is 0 Å². The molecule has 2 amide bonds. The van der Waals surface area contributed by atoms with Crippen molar-refractivity contribution in [2.75, 3.05) is 38.6 Å². The van der Waals surface area contributed by atoms with Gasteiger partial charge in [-0.15, -0.1) is 11.3 Å². The van der Waals surface area contributed by atoms with Crippen LogP contribution < -0.4 is 10.1 Å². The predicted molar refractivity (Wildman–Crippen MR) is 117 cm³/mol. The summed E-state index contributed by atoms with van der Waals surface area (Å²) in [5.41, 5.74) is 1.97. The Bertz CT molecular complexity index is 851. The lowest BCUT2D eigenvalue weighted by Gasteiger charge is -2.36. The number of hydrogen-bond donors (Lipinski definition) is 1. The smallest absolute Gasteiger partial charge is 0.238 e. The van der Waals surface area contributed by atoms with Crippen LogP contribution in [0.25, 0.3) is 0 Å². The Kier molecular flexibility index (Phi) is 7.28. The number of likely N-dealkylation sites (N-methyl/N-ethyl adjacent to an activating group) is 1. The molecule has 1 atom stereocenters. The van der Waals surface area contributed by atoms with Crippen molar-refractivity contribution in [2.24, 2.45) is 0 Å². The van der Waals surface area contributed by atoms with Crippen molar-refractivity contribution in [1.82, 2.24) is 9.80 Å². The molecule has 0 spiro atoms. The van der Waals surface area contributed by atoms with Crippen LogP contribution in [-0.4, -0.2) is 54.9 Å². The molecule has 6 nitrogen and oxygen atoms in total. The molecule has 0 fully saturated rings. The number of nitrogens with zero attached hydrogens (tertiary/aromatic N) is 2. The summed E-state index contributed by atoms with van der Waals surface area (Å²) >= 11 is 1.78. The second-order valence-corrected chi connectivity index (χ2v) is 8.14. The molecule has 7 heteroatoms. The number of carbonyl (C=O) groups excluding carboxylic acids is 2. The summed E-state index contributed by atoms with van der Waals surface area (Å²) in [6.45, 7) is 5.89. The maximum Gasteiger partial charge on any atom is 0.238 e. The van der Waals surface area contributed by atoms with Gasteiger partial charge in [0.25, 0.3) is 0 Å². The van der Waals surface area contributed by atoms with Gasteiger partial charge >= 0.3 is 0 Å². The molecule has 3 rings (SSSR count). The number of rotatable bonds is 8. The van der Waals surface area contributed by atoms with Crippen LogP contribution in [0.1, 0.15) is 36.8 Å². The molecule has 1 aliphatic heterocycles. The Hall–Kier alpha value is -2.38. The number of anilines is 1. The van der Waals surface area contributed by atoms with E-state index in [1.807, 2.05) is 34.9 Å². The van der Waals surface area contributed by atoms with Crippen LogP contribution in [-0.2, 0) is 16.0 Å². The monoisotopic (exact) mass is 415 g/mol. The summed E-state index contributed by atoms with van der Waals surface area (Å²) in [6.07, 6.45) is 1.82. The highest BCUT2D eigenvalue weighted by atomic mass is 32.1. The molecule has 0 radical (unpaired) electrons. The number of fused-ring (bicyclic) bond motifs is 1. The van der Waals surface area contributed by atoms with Crippen LogP contribution in [0.4, 0.5) is 5.69 Å². The maximum atomic E-state index is 13.0. The summed E-state index contributed by atoms with van der Waals surface area (Å²) in [5, 5.41) is 4.99. The fraction of sp³-hybridized carbons (Fsp3) is 0.455. The number of ether oxygens (including phenoxy) is 1. The van der Waals surface area contributed by atoms with Gasteiger partial charge < -0.3 is 15.0 Å². The normalized spacial score (nSPS) is 15.9. The Morgan fingerprint density at radius 2 is 2.10 bits per heavy atom. The molecular formula is C22H29N3O3S. The van der Waals surface area contributed by atoms with Gasteiger partial charge in [0, 0.05) is 23.2 Å². The third kappa shape index (κ3) is 5.16. The minimum Gasteiger partial charge on any atom is -0.497 e. The average molecular weight is 416 g/mol. The topological polar surface area (TPSA) is 61.9 Å². The van der Waals surface area contributed by atoms with Crippen LogP contribution in [0.5, 0.6) is 5.75 Å². The first kappa shape index (κ1) is 21.3. The number of thiophene rings is 1. The quantitative estimate of drug-likeness (QED) is 0.716. The lowest BCUT2D eigenvalue weighted by molar-refractivity contribution is -0.135. The zero-order valence-corrected chi connectivity index (χ0v) is 18.1. The summed E-state index contributed by atoms with van der Waals surface area (Å²) < 4.78 is 5.19. The van der Waals surface area contributed by atoms with E-state index < -0.39 is 0 Å². The molecule has 2 aromatic rings. The van der Waals surface area contributed by atoms with Gasteiger partial charge in [0.1, 0.15) is 5.75 Å². The number of amides is 2. The Balaban J connectivity index is 1.59. The highest BCUT2D eigenvalue weighted by Crippen LogP contribution is 2.35. The van der Waals surface area contributed by atoms with Crippen molar-refractivity contribution in [3.05, 3.63) is 46.2 Å². The first-order valence-corrected chi connectivity index (χ1v) is 11.0. The van der Waals surface area contributed by atoms with Crippen molar-refractivity contribution in [3.8, 4) is 5.75 Å². The molecule has 156 valence electrons. The first-order chi connectivity index (χ1) is 14.0. The van der Waals surface area contributed by atoms with E-state index in [4.69, 9.17) is 4.74 Å². The highest BCUT2D eigenvalue weighted by molar-refractivity contribution is 7.10. The molecule has 1 unspecified atom stereocenters. The van der Waals surface area contributed by atoms with E-state index in [2.05, 4.69) is 23.7 Å². The number of hydrogen-bond acceptors (Lipinski definition) is 5. The molecule has 1 N–H and O–H groups in total. The van der Waals surface area contributed by atoms with Gasteiger partial charge in [-0.25, -0.2) is 0 Å². The van der Waals surface area contributed by atoms with Crippen LogP contribution in [0.3, 0.4) is 0 Å². The summed E-state index contributed by atoms with van der Waals surface area (Å²) in [7, 11) is 1.59. The van der Waals surface area contributed by atoms with E-state index in [0.29, 0.717) is 18.0 Å². The summed E-state index contributed by atoms with van der Waals surface area (Å²) in [6, 6.07) is 9.54. The average Bonchev–Trinajstić information content (AvgIpc) is 3.21. The number of methoxy groups -OCH3 is 1. The van der Waals surface area contributed by atoms with Crippen molar-refractivity contribution in [3.63, 3.8) is 0 Å². The Morgan fingerprint density at radius 1 is 1.28 bits per heavy atom. The van der Waals surface area contributed by atoms with E-state index >= 15 is 0 Å². The fourth-order valence-corrected chi connectivity index (χ4v) is 4.73. The minimum atomic E-state index is -0.140.